The fraction of sp³-hybridized carbons (Fsp3) is 0.200. The molecule has 5 heteroatoms. The average Bonchev–Trinajstić information content (AvgIpc) is 2.26. The first-order valence-electron chi connectivity index (χ1n) is 4.34. The van der Waals surface area contributed by atoms with Crippen molar-refractivity contribution >= 4 is 23.4 Å². The molecule has 1 rings (SSSR count). The highest BCUT2D eigenvalue weighted by molar-refractivity contribution is 6.31. The van der Waals surface area contributed by atoms with Crippen LogP contribution in [-0.2, 0) is 0 Å². The average molecular weight is 227 g/mol. The van der Waals surface area contributed by atoms with Gasteiger partial charge in [0.05, 0.1) is 11.1 Å². The molecule has 0 radical (unpaired) electrons. The van der Waals surface area contributed by atoms with Crippen LogP contribution in [0.3, 0.4) is 0 Å². The molecule has 15 heavy (non-hydrogen) atoms. The van der Waals surface area contributed by atoms with Crippen LogP contribution in [0.5, 0.6) is 0 Å². The second-order valence-electron chi connectivity index (χ2n) is 2.85. The summed E-state index contributed by atoms with van der Waals surface area (Å²) in [5.41, 5.74) is 0.575. The summed E-state index contributed by atoms with van der Waals surface area (Å²) in [5.74, 6) is -0.652. The minimum Gasteiger partial charge on any atom is -0.355 e. The molecule has 1 aromatic rings. The molecule has 0 unspecified atom stereocenters. The van der Waals surface area contributed by atoms with Crippen LogP contribution in [0.1, 0.15) is 20.7 Å². The molecule has 80 valence electrons. The quantitative estimate of drug-likeness (QED) is 0.792. The number of carbonyl (C=O) groups is 2. The Bertz CT molecular complexity index is 404. The van der Waals surface area contributed by atoms with E-state index in [1.165, 1.54) is 26.2 Å². The van der Waals surface area contributed by atoms with Crippen LogP contribution in [0.25, 0.3) is 0 Å². The van der Waals surface area contributed by atoms with Gasteiger partial charge in [-0.2, -0.15) is 0 Å². The minimum atomic E-state index is -0.337. The summed E-state index contributed by atoms with van der Waals surface area (Å²) in [4.78, 5) is 22.9. The van der Waals surface area contributed by atoms with E-state index in [1.54, 1.807) is 6.07 Å². The van der Waals surface area contributed by atoms with E-state index in [0.717, 1.165) is 0 Å². The summed E-state index contributed by atoms with van der Waals surface area (Å²) >= 11 is 5.75. The van der Waals surface area contributed by atoms with Gasteiger partial charge in [-0.1, -0.05) is 11.6 Å². The van der Waals surface area contributed by atoms with Crippen molar-refractivity contribution in [2.45, 2.75) is 0 Å². The largest absolute Gasteiger partial charge is 0.355 e. The molecule has 4 nitrogen and oxygen atoms in total. The molecule has 0 fully saturated rings. The highest BCUT2D eigenvalue weighted by Crippen LogP contribution is 2.16. The Kier molecular flexibility index (Phi) is 3.68. The summed E-state index contributed by atoms with van der Waals surface area (Å²) in [6.45, 7) is 0. The zero-order chi connectivity index (χ0) is 11.4. The number of hydrogen-bond donors (Lipinski definition) is 2. The Labute approximate surface area is 92.6 Å². The molecule has 1 aromatic carbocycles. The van der Waals surface area contributed by atoms with Crippen molar-refractivity contribution in [1.29, 1.82) is 0 Å². The smallest absolute Gasteiger partial charge is 0.251 e. The van der Waals surface area contributed by atoms with Crippen LogP contribution in [0.2, 0.25) is 5.02 Å². The van der Waals surface area contributed by atoms with Crippen molar-refractivity contribution in [2.75, 3.05) is 14.1 Å². The Hall–Kier alpha value is -1.55. The highest BCUT2D eigenvalue weighted by Gasteiger charge is 2.15. The molecule has 0 spiro atoms. The van der Waals surface area contributed by atoms with Gasteiger partial charge in [-0.3, -0.25) is 9.59 Å². The molecule has 0 aromatic heterocycles. The van der Waals surface area contributed by atoms with Gasteiger partial charge in [0.1, 0.15) is 0 Å². The molecule has 0 heterocycles. The third-order valence-electron chi connectivity index (χ3n) is 1.92. The van der Waals surface area contributed by atoms with E-state index in [9.17, 15) is 9.59 Å². The monoisotopic (exact) mass is 226 g/mol. The summed E-state index contributed by atoms with van der Waals surface area (Å²) in [5, 5.41) is 5.33. The zero-order valence-corrected chi connectivity index (χ0v) is 9.18. The maximum atomic E-state index is 11.5. The Morgan fingerprint density at radius 3 is 2.13 bits per heavy atom. The summed E-state index contributed by atoms with van der Waals surface area (Å²) in [6.07, 6.45) is 0. The molecule has 2 N–H and O–H groups in total. The summed E-state index contributed by atoms with van der Waals surface area (Å²) in [6, 6.07) is 4.55. The van der Waals surface area contributed by atoms with E-state index in [1.807, 2.05) is 0 Å². The number of halogens is 1. The van der Waals surface area contributed by atoms with Crippen LogP contribution >= 0.6 is 11.6 Å². The maximum Gasteiger partial charge on any atom is 0.251 e. The normalized spacial score (nSPS) is 9.53. The summed E-state index contributed by atoms with van der Waals surface area (Å²) in [7, 11) is 3.00. The molecule has 0 saturated carbocycles. The van der Waals surface area contributed by atoms with E-state index in [4.69, 9.17) is 11.6 Å². The third kappa shape index (κ3) is 2.47. The van der Waals surface area contributed by atoms with Gasteiger partial charge in [0.25, 0.3) is 11.8 Å². The molecule has 0 bridgehead atoms. The van der Waals surface area contributed by atoms with Crippen molar-refractivity contribution in [3.05, 3.63) is 34.3 Å². The molecular weight excluding hydrogens is 216 g/mol. The predicted octanol–water partition coefficient (Wildman–Crippen LogP) is 1.06. The van der Waals surface area contributed by atoms with Crippen molar-refractivity contribution < 1.29 is 9.59 Å². The van der Waals surface area contributed by atoms with Crippen LogP contribution in [0, 0.1) is 0 Å². The van der Waals surface area contributed by atoms with E-state index >= 15 is 0 Å². The highest BCUT2D eigenvalue weighted by atomic mass is 35.5. The maximum absolute atomic E-state index is 11.5. The second-order valence-corrected chi connectivity index (χ2v) is 3.28. The molecule has 0 atom stereocenters. The van der Waals surface area contributed by atoms with Crippen LogP contribution in [0.4, 0.5) is 0 Å². The zero-order valence-electron chi connectivity index (χ0n) is 8.43. The van der Waals surface area contributed by atoms with Crippen LogP contribution in [-0.4, -0.2) is 25.9 Å². The van der Waals surface area contributed by atoms with E-state index in [2.05, 4.69) is 10.6 Å². The van der Waals surface area contributed by atoms with Gasteiger partial charge in [-0.05, 0) is 18.2 Å². The van der Waals surface area contributed by atoms with E-state index in [-0.39, 0.29) is 17.4 Å². The molecule has 0 aliphatic carbocycles. The van der Waals surface area contributed by atoms with Gasteiger partial charge in [-0.25, -0.2) is 0 Å². The van der Waals surface area contributed by atoms with E-state index < -0.39 is 0 Å². The third-order valence-corrected chi connectivity index (χ3v) is 2.16. The Morgan fingerprint density at radius 1 is 1.07 bits per heavy atom. The van der Waals surface area contributed by atoms with Gasteiger partial charge in [-0.15, -0.1) is 0 Å². The number of benzene rings is 1. The van der Waals surface area contributed by atoms with Gasteiger partial charge in [0.2, 0.25) is 0 Å². The second kappa shape index (κ2) is 4.79. The number of amides is 2. The SMILES string of the molecule is CNC(=O)c1ccc(Cl)cc1C(=O)NC. The van der Waals surface area contributed by atoms with Crippen molar-refractivity contribution in [3.63, 3.8) is 0 Å². The lowest BCUT2D eigenvalue weighted by Gasteiger charge is -2.07. The first kappa shape index (κ1) is 11.5. The number of nitrogens with one attached hydrogen (secondary N) is 2. The lowest BCUT2D eigenvalue weighted by molar-refractivity contribution is 0.0929. The van der Waals surface area contributed by atoms with Gasteiger partial charge >= 0.3 is 0 Å². The molecule has 2 amide bonds. The van der Waals surface area contributed by atoms with Crippen molar-refractivity contribution in [3.8, 4) is 0 Å². The standard InChI is InChI=1S/C10H11ClN2O2/c1-12-9(14)7-4-3-6(11)5-8(7)10(15)13-2/h3-5H,1-2H3,(H,12,14)(H,13,15). The summed E-state index contributed by atoms with van der Waals surface area (Å²) < 4.78 is 0. The number of hydrogen-bond acceptors (Lipinski definition) is 2. The Morgan fingerprint density at radius 2 is 1.60 bits per heavy atom. The molecule has 0 aliphatic rings. The predicted molar refractivity (Wildman–Crippen MR) is 58.2 cm³/mol. The molecule has 0 saturated heterocycles. The van der Waals surface area contributed by atoms with Crippen LogP contribution in [0.15, 0.2) is 18.2 Å². The fourth-order valence-corrected chi connectivity index (χ4v) is 1.34. The Balaban J connectivity index is 3.26. The lowest BCUT2D eigenvalue weighted by atomic mass is 10.1. The fourth-order valence-electron chi connectivity index (χ4n) is 1.17. The first-order chi connectivity index (χ1) is 7.10. The lowest BCUT2D eigenvalue weighted by Crippen LogP contribution is -2.25. The molecule has 0 aliphatic heterocycles. The van der Waals surface area contributed by atoms with Gasteiger partial charge in [0, 0.05) is 19.1 Å². The number of rotatable bonds is 2. The minimum absolute atomic E-state index is 0.268. The topological polar surface area (TPSA) is 58.2 Å². The van der Waals surface area contributed by atoms with Crippen LogP contribution < -0.4 is 10.6 Å². The molecular formula is C10H11ClN2O2. The number of carbonyl (C=O) groups excluding carboxylic acids is 2. The van der Waals surface area contributed by atoms with Crippen molar-refractivity contribution in [1.82, 2.24) is 10.6 Å². The van der Waals surface area contributed by atoms with Gasteiger partial charge < -0.3 is 10.6 Å². The van der Waals surface area contributed by atoms with E-state index in [0.29, 0.717) is 10.6 Å². The van der Waals surface area contributed by atoms with Gasteiger partial charge in [0.15, 0.2) is 0 Å². The van der Waals surface area contributed by atoms with Crippen molar-refractivity contribution in [2.24, 2.45) is 0 Å². The first-order valence-corrected chi connectivity index (χ1v) is 4.71.